The number of benzene rings is 1. The summed E-state index contributed by atoms with van der Waals surface area (Å²) < 4.78 is 13.2. The van der Waals surface area contributed by atoms with Crippen molar-refractivity contribution < 1.29 is 9.18 Å². The maximum atomic E-state index is 13.2. The summed E-state index contributed by atoms with van der Waals surface area (Å²) in [6, 6.07) is 4.40. The standard InChI is InChI=1S/C14H12FNO/c15-11-5-6-12-10(8-11)4-3-9-2-1-7-16-13(9)14(12)17/h1-2,5-6,8,16H,3-4,7H2. The summed E-state index contributed by atoms with van der Waals surface area (Å²) in [7, 11) is 0. The minimum atomic E-state index is -0.278. The lowest BCUT2D eigenvalue weighted by molar-refractivity contribution is 0.102. The highest BCUT2D eigenvalue weighted by Gasteiger charge is 2.23. The van der Waals surface area contributed by atoms with Gasteiger partial charge in [0.25, 0.3) is 0 Å². The van der Waals surface area contributed by atoms with Crippen molar-refractivity contribution in [3.63, 3.8) is 0 Å². The molecule has 1 aromatic carbocycles. The van der Waals surface area contributed by atoms with Crippen LogP contribution in [0.4, 0.5) is 4.39 Å². The van der Waals surface area contributed by atoms with Crippen LogP contribution in [0, 0.1) is 5.82 Å². The summed E-state index contributed by atoms with van der Waals surface area (Å²) >= 11 is 0. The summed E-state index contributed by atoms with van der Waals surface area (Å²) in [4.78, 5) is 12.3. The van der Waals surface area contributed by atoms with E-state index in [0.717, 1.165) is 17.6 Å². The molecule has 0 bridgehead atoms. The second-order valence-electron chi connectivity index (χ2n) is 4.31. The Kier molecular flexibility index (Phi) is 2.32. The van der Waals surface area contributed by atoms with Crippen molar-refractivity contribution in [1.29, 1.82) is 0 Å². The molecule has 2 aliphatic rings. The average molecular weight is 229 g/mol. The molecule has 0 amide bonds. The van der Waals surface area contributed by atoms with E-state index in [9.17, 15) is 9.18 Å². The normalized spacial score (nSPS) is 18.3. The molecule has 0 saturated carbocycles. The van der Waals surface area contributed by atoms with E-state index < -0.39 is 0 Å². The third-order valence-corrected chi connectivity index (χ3v) is 3.24. The predicted octanol–water partition coefficient (Wildman–Crippen LogP) is 2.37. The predicted molar refractivity (Wildman–Crippen MR) is 63.2 cm³/mol. The Morgan fingerprint density at radius 1 is 1.24 bits per heavy atom. The highest BCUT2D eigenvalue weighted by Crippen LogP contribution is 2.26. The number of aryl methyl sites for hydroxylation is 1. The highest BCUT2D eigenvalue weighted by molar-refractivity contribution is 6.10. The van der Waals surface area contributed by atoms with Crippen LogP contribution >= 0.6 is 0 Å². The number of carbonyl (C=O) groups excluding carboxylic acids is 1. The molecule has 17 heavy (non-hydrogen) atoms. The molecule has 3 heteroatoms. The first-order valence-electron chi connectivity index (χ1n) is 5.72. The van der Waals surface area contributed by atoms with Crippen LogP contribution in [0.5, 0.6) is 0 Å². The Morgan fingerprint density at radius 3 is 3.00 bits per heavy atom. The van der Waals surface area contributed by atoms with Crippen LogP contribution < -0.4 is 5.32 Å². The smallest absolute Gasteiger partial charge is 0.209 e. The van der Waals surface area contributed by atoms with Gasteiger partial charge in [-0.15, -0.1) is 0 Å². The number of rotatable bonds is 0. The Labute approximate surface area is 98.8 Å². The molecule has 1 heterocycles. The first-order valence-corrected chi connectivity index (χ1v) is 5.72. The molecule has 3 rings (SSSR count). The number of Topliss-reactive ketones (excluding diaryl/α,β-unsaturated/α-hetero) is 1. The second-order valence-corrected chi connectivity index (χ2v) is 4.31. The van der Waals surface area contributed by atoms with Gasteiger partial charge in [0, 0.05) is 12.1 Å². The molecule has 0 unspecified atom stereocenters. The lowest BCUT2D eigenvalue weighted by atomic mass is 10.0. The molecule has 0 fully saturated rings. The summed E-state index contributed by atoms with van der Waals surface area (Å²) in [6.45, 7) is 0.682. The number of ketones is 1. The summed E-state index contributed by atoms with van der Waals surface area (Å²) in [5.74, 6) is -0.295. The minimum absolute atomic E-state index is 0.0168. The molecule has 1 aromatic rings. The lowest BCUT2D eigenvalue weighted by Crippen LogP contribution is -2.24. The summed E-state index contributed by atoms with van der Waals surface area (Å²) in [5, 5.41) is 3.12. The van der Waals surface area contributed by atoms with E-state index in [1.54, 1.807) is 6.07 Å². The molecule has 0 radical (unpaired) electrons. The van der Waals surface area contributed by atoms with Gasteiger partial charge in [-0.3, -0.25) is 4.79 Å². The van der Waals surface area contributed by atoms with Gasteiger partial charge in [0.1, 0.15) is 5.82 Å². The molecule has 1 aliphatic carbocycles. The molecule has 1 aliphatic heterocycles. The number of hydrogen-bond donors (Lipinski definition) is 1. The van der Waals surface area contributed by atoms with Crippen LogP contribution in [-0.2, 0) is 6.42 Å². The third-order valence-electron chi connectivity index (χ3n) is 3.24. The maximum absolute atomic E-state index is 13.2. The monoisotopic (exact) mass is 229 g/mol. The van der Waals surface area contributed by atoms with Gasteiger partial charge in [0.05, 0.1) is 5.70 Å². The molecule has 1 N–H and O–H groups in total. The zero-order valence-electron chi connectivity index (χ0n) is 9.29. The fourth-order valence-electron chi connectivity index (χ4n) is 2.39. The van der Waals surface area contributed by atoms with Crippen LogP contribution in [-0.4, -0.2) is 12.3 Å². The molecule has 86 valence electrons. The van der Waals surface area contributed by atoms with Gasteiger partial charge in [0.15, 0.2) is 0 Å². The van der Waals surface area contributed by atoms with Gasteiger partial charge in [0.2, 0.25) is 5.78 Å². The number of carbonyl (C=O) groups is 1. The van der Waals surface area contributed by atoms with E-state index in [1.165, 1.54) is 12.1 Å². The second kappa shape index (κ2) is 3.84. The van der Waals surface area contributed by atoms with Crippen molar-refractivity contribution in [2.75, 3.05) is 6.54 Å². The third kappa shape index (κ3) is 1.68. The number of nitrogens with one attached hydrogen (secondary N) is 1. The molecule has 0 aromatic heterocycles. The first kappa shape index (κ1) is 10.3. The Morgan fingerprint density at radius 2 is 2.12 bits per heavy atom. The average Bonchev–Trinajstić information content (AvgIpc) is 2.48. The topological polar surface area (TPSA) is 29.1 Å². The van der Waals surface area contributed by atoms with Crippen molar-refractivity contribution in [2.24, 2.45) is 0 Å². The van der Waals surface area contributed by atoms with Crippen LogP contribution in [0.1, 0.15) is 22.3 Å². The van der Waals surface area contributed by atoms with E-state index >= 15 is 0 Å². The van der Waals surface area contributed by atoms with Crippen LogP contribution in [0.25, 0.3) is 0 Å². The molecule has 2 nitrogen and oxygen atoms in total. The van der Waals surface area contributed by atoms with Crippen LogP contribution in [0.2, 0.25) is 0 Å². The maximum Gasteiger partial charge on any atom is 0.209 e. The Balaban J connectivity index is 2.12. The summed E-state index contributed by atoms with van der Waals surface area (Å²) in [6.07, 6.45) is 5.49. The van der Waals surface area contributed by atoms with E-state index in [0.29, 0.717) is 24.2 Å². The zero-order chi connectivity index (χ0) is 11.8. The Bertz CT molecular complexity index is 557. The molecule has 0 spiro atoms. The largest absolute Gasteiger partial charge is 0.378 e. The van der Waals surface area contributed by atoms with E-state index in [-0.39, 0.29) is 11.6 Å². The van der Waals surface area contributed by atoms with Crippen molar-refractivity contribution in [2.45, 2.75) is 12.8 Å². The number of halogens is 1. The van der Waals surface area contributed by atoms with Gasteiger partial charge in [-0.1, -0.05) is 12.2 Å². The highest BCUT2D eigenvalue weighted by atomic mass is 19.1. The van der Waals surface area contributed by atoms with Crippen molar-refractivity contribution >= 4 is 5.78 Å². The SMILES string of the molecule is O=C1C2=C(C=CCN2)CCc2cc(F)ccc21. The van der Waals surface area contributed by atoms with Gasteiger partial charge < -0.3 is 5.32 Å². The molecular formula is C14H12FNO. The number of hydrogen-bond acceptors (Lipinski definition) is 2. The van der Waals surface area contributed by atoms with E-state index in [4.69, 9.17) is 0 Å². The minimum Gasteiger partial charge on any atom is -0.378 e. The van der Waals surface area contributed by atoms with Gasteiger partial charge in [-0.25, -0.2) is 4.39 Å². The first-order chi connectivity index (χ1) is 8.25. The number of allylic oxidation sites excluding steroid dienone is 3. The zero-order valence-corrected chi connectivity index (χ0v) is 9.29. The van der Waals surface area contributed by atoms with Crippen molar-refractivity contribution in [3.8, 4) is 0 Å². The van der Waals surface area contributed by atoms with Gasteiger partial charge in [-0.2, -0.15) is 0 Å². The van der Waals surface area contributed by atoms with E-state index in [1.807, 2.05) is 12.2 Å². The van der Waals surface area contributed by atoms with Gasteiger partial charge in [-0.05, 0) is 42.2 Å². The van der Waals surface area contributed by atoms with E-state index in [2.05, 4.69) is 5.32 Å². The van der Waals surface area contributed by atoms with Crippen LogP contribution in [0.3, 0.4) is 0 Å². The van der Waals surface area contributed by atoms with Crippen molar-refractivity contribution in [3.05, 3.63) is 58.6 Å². The van der Waals surface area contributed by atoms with Gasteiger partial charge >= 0.3 is 0 Å². The molecule has 0 saturated heterocycles. The van der Waals surface area contributed by atoms with Crippen LogP contribution in [0.15, 0.2) is 41.6 Å². The number of fused-ring (bicyclic) bond motifs is 1. The molecular weight excluding hydrogens is 217 g/mol. The lowest BCUT2D eigenvalue weighted by Gasteiger charge is -2.14. The molecule has 0 atom stereocenters. The number of dihydropyridines is 1. The fraction of sp³-hybridized carbons (Fsp3) is 0.214. The van der Waals surface area contributed by atoms with Crippen molar-refractivity contribution in [1.82, 2.24) is 5.32 Å². The summed E-state index contributed by atoms with van der Waals surface area (Å²) in [5.41, 5.74) is 3.13. The Hall–Kier alpha value is -1.90. The quantitative estimate of drug-likeness (QED) is 0.740. The fourth-order valence-corrected chi connectivity index (χ4v) is 2.39.